The molecule has 1 unspecified atom stereocenters. The van der Waals surface area contributed by atoms with Crippen LogP contribution in [-0.4, -0.2) is 60.3 Å². The molecule has 1 saturated heterocycles. The molecule has 0 radical (unpaired) electrons. The van der Waals surface area contributed by atoms with Crippen LogP contribution in [0.2, 0.25) is 0 Å². The molecule has 1 atom stereocenters. The summed E-state index contributed by atoms with van der Waals surface area (Å²) >= 11 is 0. The number of alkyl halides is 6. The number of nitrogens with zero attached hydrogens (tertiary/aromatic N) is 2. The van der Waals surface area contributed by atoms with E-state index in [1.807, 2.05) is 0 Å². The SMILES string of the molecule is CCCc1cc2c(c(CCC)c1OCCCCN1C(=O)C(C)N(C)C1=O)COC2(C(F)(F)F)C(F)(F)F. The Morgan fingerprint density at radius 2 is 1.68 bits per heavy atom. The van der Waals surface area contributed by atoms with Crippen LogP contribution >= 0.6 is 0 Å². The number of imide groups is 1. The summed E-state index contributed by atoms with van der Waals surface area (Å²) in [6.45, 7) is 4.68. The van der Waals surface area contributed by atoms with Gasteiger partial charge in [-0.2, -0.15) is 26.3 Å². The van der Waals surface area contributed by atoms with Gasteiger partial charge in [0.25, 0.3) is 11.5 Å². The van der Waals surface area contributed by atoms with E-state index in [-0.39, 0.29) is 49.1 Å². The van der Waals surface area contributed by atoms with Gasteiger partial charge in [-0.05, 0) is 49.8 Å². The van der Waals surface area contributed by atoms with E-state index in [4.69, 9.17) is 4.74 Å². The van der Waals surface area contributed by atoms with Crippen molar-refractivity contribution in [1.82, 2.24) is 9.80 Å². The maximum Gasteiger partial charge on any atom is 0.430 e. The van der Waals surface area contributed by atoms with Crippen molar-refractivity contribution in [2.24, 2.45) is 0 Å². The maximum atomic E-state index is 13.9. The normalized spacial score (nSPS) is 19.7. The number of hydrogen-bond donors (Lipinski definition) is 0. The highest BCUT2D eigenvalue weighted by atomic mass is 19.4. The number of ether oxygens (including phenoxy) is 2. The predicted octanol–water partition coefficient (Wildman–Crippen LogP) is 5.88. The van der Waals surface area contributed by atoms with Gasteiger partial charge in [0, 0.05) is 24.7 Å². The number of rotatable bonds is 10. The number of halogens is 6. The number of benzene rings is 1. The Morgan fingerprint density at radius 3 is 2.19 bits per heavy atom. The zero-order chi connectivity index (χ0) is 27.8. The first-order valence-electron chi connectivity index (χ1n) is 12.4. The highest BCUT2D eigenvalue weighted by molar-refractivity contribution is 6.03. The molecule has 12 heteroatoms. The van der Waals surface area contributed by atoms with E-state index >= 15 is 0 Å². The van der Waals surface area contributed by atoms with Crippen LogP contribution in [0.1, 0.15) is 68.7 Å². The molecule has 2 heterocycles. The van der Waals surface area contributed by atoms with Gasteiger partial charge in [-0.25, -0.2) is 4.79 Å². The number of urea groups is 1. The Labute approximate surface area is 211 Å². The summed E-state index contributed by atoms with van der Waals surface area (Å²) in [4.78, 5) is 26.9. The van der Waals surface area contributed by atoms with E-state index in [1.165, 1.54) is 4.90 Å². The van der Waals surface area contributed by atoms with E-state index in [1.54, 1.807) is 27.8 Å². The second-order valence-corrected chi connectivity index (χ2v) is 9.45. The molecule has 0 saturated carbocycles. The lowest BCUT2D eigenvalue weighted by Crippen LogP contribution is -2.53. The summed E-state index contributed by atoms with van der Waals surface area (Å²) in [6.07, 6.45) is -9.11. The molecule has 3 rings (SSSR count). The molecule has 2 aliphatic heterocycles. The van der Waals surface area contributed by atoms with Gasteiger partial charge in [0.2, 0.25) is 0 Å². The van der Waals surface area contributed by atoms with E-state index in [0.29, 0.717) is 37.0 Å². The molecule has 1 fully saturated rings. The van der Waals surface area contributed by atoms with Crippen molar-refractivity contribution < 1.29 is 45.4 Å². The van der Waals surface area contributed by atoms with E-state index in [9.17, 15) is 35.9 Å². The Hall–Kier alpha value is -2.50. The number of hydrogen-bond acceptors (Lipinski definition) is 4. The van der Waals surface area contributed by atoms with Crippen LogP contribution in [0.4, 0.5) is 31.1 Å². The summed E-state index contributed by atoms with van der Waals surface area (Å²) < 4.78 is 94.0. The Morgan fingerprint density at radius 1 is 1.05 bits per heavy atom. The largest absolute Gasteiger partial charge is 0.493 e. The number of aryl methyl sites for hydroxylation is 1. The maximum absolute atomic E-state index is 13.9. The zero-order valence-electron chi connectivity index (χ0n) is 21.3. The monoisotopic (exact) mass is 538 g/mol. The van der Waals surface area contributed by atoms with Gasteiger partial charge in [0.15, 0.2) is 0 Å². The number of fused-ring (bicyclic) bond motifs is 1. The van der Waals surface area contributed by atoms with Crippen LogP contribution in [-0.2, 0) is 34.6 Å². The smallest absolute Gasteiger partial charge is 0.430 e. The summed E-state index contributed by atoms with van der Waals surface area (Å²) in [5, 5.41) is 0. The van der Waals surface area contributed by atoms with Crippen molar-refractivity contribution in [3.05, 3.63) is 28.3 Å². The minimum Gasteiger partial charge on any atom is -0.493 e. The van der Waals surface area contributed by atoms with Crippen LogP contribution in [0.25, 0.3) is 0 Å². The summed E-state index contributed by atoms with van der Waals surface area (Å²) in [5.74, 6) is 0.00759. The summed E-state index contributed by atoms with van der Waals surface area (Å²) in [5.41, 5.74) is -4.84. The lowest BCUT2D eigenvalue weighted by Gasteiger charge is -2.34. The second-order valence-electron chi connectivity index (χ2n) is 9.45. The number of unbranched alkanes of at least 4 members (excludes halogenated alkanes) is 1. The van der Waals surface area contributed by atoms with Crippen molar-refractivity contribution in [2.45, 2.75) is 89.9 Å². The number of likely N-dealkylation sites (N-methyl/N-ethyl adjacent to an activating group) is 1. The molecule has 1 aromatic carbocycles. The van der Waals surface area contributed by atoms with Crippen molar-refractivity contribution in [1.29, 1.82) is 0 Å². The molecular formula is C25H32F6N2O4. The molecule has 3 amide bonds. The molecule has 0 spiro atoms. The Kier molecular flexibility index (Phi) is 8.41. The average molecular weight is 539 g/mol. The number of carbonyl (C=O) groups is 2. The van der Waals surface area contributed by atoms with Crippen molar-refractivity contribution in [3.8, 4) is 5.75 Å². The van der Waals surface area contributed by atoms with Crippen LogP contribution < -0.4 is 4.74 Å². The number of carbonyl (C=O) groups excluding carboxylic acids is 2. The first-order valence-corrected chi connectivity index (χ1v) is 12.4. The van der Waals surface area contributed by atoms with Crippen molar-refractivity contribution >= 4 is 11.9 Å². The molecule has 0 aromatic heterocycles. The van der Waals surface area contributed by atoms with Gasteiger partial charge in [0.05, 0.1) is 13.2 Å². The van der Waals surface area contributed by atoms with Crippen LogP contribution in [0.15, 0.2) is 6.07 Å². The Bertz CT molecular complexity index is 990. The molecular weight excluding hydrogens is 506 g/mol. The molecule has 2 aliphatic rings. The predicted molar refractivity (Wildman–Crippen MR) is 122 cm³/mol. The van der Waals surface area contributed by atoms with Gasteiger partial charge in [-0.3, -0.25) is 9.69 Å². The third kappa shape index (κ3) is 5.00. The van der Waals surface area contributed by atoms with Gasteiger partial charge in [-0.1, -0.05) is 26.7 Å². The summed E-state index contributed by atoms with van der Waals surface area (Å²) in [6, 6.07) is 0.0246. The topological polar surface area (TPSA) is 59.1 Å². The molecule has 1 aromatic rings. The lowest BCUT2D eigenvalue weighted by molar-refractivity contribution is -0.385. The fourth-order valence-electron chi connectivity index (χ4n) is 4.93. The third-order valence-electron chi connectivity index (χ3n) is 6.96. The van der Waals surface area contributed by atoms with Crippen LogP contribution in [0.3, 0.4) is 0 Å². The molecule has 0 aliphatic carbocycles. The van der Waals surface area contributed by atoms with Crippen molar-refractivity contribution in [3.63, 3.8) is 0 Å². The quantitative estimate of drug-likeness (QED) is 0.212. The minimum absolute atomic E-state index is 0.123. The van der Waals surface area contributed by atoms with E-state index < -0.39 is 36.2 Å². The fourth-order valence-corrected chi connectivity index (χ4v) is 4.93. The van der Waals surface area contributed by atoms with Crippen LogP contribution in [0, 0.1) is 0 Å². The zero-order valence-corrected chi connectivity index (χ0v) is 21.3. The molecule has 37 heavy (non-hydrogen) atoms. The average Bonchev–Trinajstić information content (AvgIpc) is 3.29. The first kappa shape index (κ1) is 29.1. The van der Waals surface area contributed by atoms with E-state index in [0.717, 1.165) is 11.0 Å². The molecule has 6 nitrogen and oxygen atoms in total. The molecule has 0 N–H and O–H groups in total. The first-order chi connectivity index (χ1) is 17.2. The summed E-state index contributed by atoms with van der Waals surface area (Å²) in [7, 11) is 1.54. The van der Waals surface area contributed by atoms with Gasteiger partial charge in [0.1, 0.15) is 11.8 Å². The van der Waals surface area contributed by atoms with Crippen LogP contribution in [0.5, 0.6) is 5.75 Å². The fraction of sp³-hybridized carbons (Fsp3) is 0.680. The Balaban J connectivity index is 1.87. The lowest BCUT2D eigenvalue weighted by atomic mass is 9.84. The van der Waals surface area contributed by atoms with E-state index in [2.05, 4.69) is 4.74 Å². The highest BCUT2D eigenvalue weighted by Gasteiger charge is 2.75. The second kappa shape index (κ2) is 10.7. The highest BCUT2D eigenvalue weighted by Crippen LogP contribution is 2.58. The van der Waals surface area contributed by atoms with Gasteiger partial charge >= 0.3 is 18.4 Å². The molecule has 0 bridgehead atoms. The van der Waals surface area contributed by atoms with Crippen molar-refractivity contribution in [2.75, 3.05) is 20.2 Å². The third-order valence-corrected chi connectivity index (χ3v) is 6.96. The standard InChI is InChI=1S/C25H32F6N2O4/c1-5-9-16-13-19-18(14-37-23(19,24(26,27)28)25(29,30)31)17(10-6-2)20(16)36-12-8-7-11-33-21(34)15(3)32(4)22(33)35/h13,15H,5-12,14H2,1-4H3. The minimum atomic E-state index is -5.69. The molecule has 208 valence electrons. The van der Waals surface area contributed by atoms with Gasteiger partial charge < -0.3 is 14.4 Å². The number of amides is 3. The van der Waals surface area contributed by atoms with Gasteiger partial charge in [-0.15, -0.1) is 0 Å².